The van der Waals surface area contributed by atoms with E-state index in [1.54, 1.807) is 6.20 Å². The molecule has 0 fully saturated rings. The van der Waals surface area contributed by atoms with Crippen LogP contribution in [0.5, 0.6) is 0 Å². The van der Waals surface area contributed by atoms with Crippen molar-refractivity contribution in [3.8, 4) is 0 Å². The molecule has 0 saturated heterocycles. The molecule has 0 spiro atoms. The Hall–Kier alpha value is -2.24. The molecule has 0 aliphatic rings. The summed E-state index contributed by atoms with van der Waals surface area (Å²) in [6.45, 7) is 3.37. The molecule has 0 unspecified atom stereocenters. The molecular formula is C14H18FN5. The van der Waals surface area contributed by atoms with Crippen LogP contribution in [0.2, 0.25) is 0 Å². The Balaban J connectivity index is 1.91. The van der Waals surface area contributed by atoms with E-state index in [1.165, 1.54) is 6.20 Å². The number of halogens is 1. The van der Waals surface area contributed by atoms with Gasteiger partial charge in [-0.1, -0.05) is 13.0 Å². The summed E-state index contributed by atoms with van der Waals surface area (Å²) in [5, 5.41) is 6.00. The Kier molecular flexibility index (Phi) is 5.23. The molecule has 0 aliphatic heterocycles. The van der Waals surface area contributed by atoms with Gasteiger partial charge in [0.05, 0.1) is 6.20 Å². The molecule has 0 aromatic carbocycles. The zero-order chi connectivity index (χ0) is 14.2. The van der Waals surface area contributed by atoms with Gasteiger partial charge in [0.15, 0.2) is 11.6 Å². The van der Waals surface area contributed by atoms with Gasteiger partial charge in [-0.25, -0.2) is 9.37 Å². The van der Waals surface area contributed by atoms with Crippen LogP contribution in [0.25, 0.3) is 0 Å². The molecule has 0 amide bonds. The average molecular weight is 275 g/mol. The molecular weight excluding hydrogens is 257 g/mol. The second-order valence-electron chi connectivity index (χ2n) is 4.31. The van der Waals surface area contributed by atoms with Crippen LogP contribution in [0, 0.1) is 5.82 Å². The van der Waals surface area contributed by atoms with Gasteiger partial charge in [-0.15, -0.1) is 0 Å². The zero-order valence-corrected chi connectivity index (χ0v) is 11.4. The van der Waals surface area contributed by atoms with E-state index in [1.807, 2.05) is 25.1 Å². The smallest absolute Gasteiger partial charge is 0.224 e. The Morgan fingerprint density at radius 2 is 2.05 bits per heavy atom. The first kappa shape index (κ1) is 14.2. The summed E-state index contributed by atoms with van der Waals surface area (Å²) in [5.74, 6) is 0.205. The van der Waals surface area contributed by atoms with Gasteiger partial charge in [-0.05, 0) is 18.6 Å². The van der Waals surface area contributed by atoms with Crippen molar-refractivity contribution in [2.45, 2.75) is 19.8 Å². The molecule has 0 bridgehead atoms. The number of anilines is 2. The number of hydrogen-bond acceptors (Lipinski definition) is 5. The van der Waals surface area contributed by atoms with Crippen LogP contribution in [0.3, 0.4) is 0 Å². The maximum atomic E-state index is 13.6. The van der Waals surface area contributed by atoms with E-state index < -0.39 is 5.82 Å². The highest BCUT2D eigenvalue weighted by Gasteiger charge is 2.06. The summed E-state index contributed by atoms with van der Waals surface area (Å²) in [7, 11) is 0. The fraction of sp³-hybridized carbons (Fsp3) is 0.357. The number of nitrogens with zero attached hydrogens (tertiary/aromatic N) is 3. The molecule has 2 N–H and O–H groups in total. The molecule has 2 aromatic rings. The standard InChI is InChI=1S/C14H18FN5/c1-2-7-18-14-19-10-12(15)13(20-14)17-9-6-11-5-3-4-8-16-11/h3-5,8,10H,2,6-7,9H2,1H3,(H2,17,18,19,20). The highest BCUT2D eigenvalue weighted by atomic mass is 19.1. The van der Waals surface area contributed by atoms with Crippen molar-refractivity contribution in [3.63, 3.8) is 0 Å². The van der Waals surface area contributed by atoms with Crippen molar-refractivity contribution in [2.75, 3.05) is 23.7 Å². The van der Waals surface area contributed by atoms with Crippen molar-refractivity contribution < 1.29 is 4.39 Å². The highest BCUT2D eigenvalue weighted by molar-refractivity contribution is 5.41. The minimum atomic E-state index is -0.451. The minimum Gasteiger partial charge on any atom is -0.367 e. The van der Waals surface area contributed by atoms with Crippen LogP contribution in [0.1, 0.15) is 19.0 Å². The van der Waals surface area contributed by atoms with Crippen molar-refractivity contribution in [3.05, 3.63) is 42.1 Å². The van der Waals surface area contributed by atoms with Gasteiger partial charge >= 0.3 is 0 Å². The summed E-state index contributed by atoms with van der Waals surface area (Å²) >= 11 is 0. The van der Waals surface area contributed by atoms with Crippen molar-refractivity contribution in [1.29, 1.82) is 0 Å². The first-order valence-corrected chi connectivity index (χ1v) is 6.69. The molecule has 2 rings (SSSR count). The molecule has 0 aliphatic carbocycles. The van der Waals surface area contributed by atoms with Gasteiger partial charge in [0.25, 0.3) is 0 Å². The lowest BCUT2D eigenvalue weighted by Crippen LogP contribution is -2.11. The van der Waals surface area contributed by atoms with Crippen molar-refractivity contribution >= 4 is 11.8 Å². The Bertz CT molecular complexity index is 532. The van der Waals surface area contributed by atoms with Gasteiger partial charge in [-0.3, -0.25) is 4.98 Å². The van der Waals surface area contributed by atoms with Crippen LogP contribution >= 0.6 is 0 Å². The third kappa shape index (κ3) is 4.15. The topological polar surface area (TPSA) is 62.7 Å². The van der Waals surface area contributed by atoms with E-state index >= 15 is 0 Å². The number of hydrogen-bond donors (Lipinski definition) is 2. The van der Waals surface area contributed by atoms with Crippen molar-refractivity contribution in [1.82, 2.24) is 15.0 Å². The lowest BCUT2D eigenvalue weighted by Gasteiger charge is -2.08. The average Bonchev–Trinajstić information content (AvgIpc) is 2.49. The fourth-order valence-corrected chi connectivity index (χ4v) is 1.67. The highest BCUT2D eigenvalue weighted by Crippen LogP contribution is 2.11. The lowest BCUT2D eigenvalue weighted by molar-refractivity contribution is 0.617. The second-order valence-corrected chi connectivity index (χ2v) is 4.31. The maximum absolute atomic E-state index is 13.6. The number of nitrogens with one attached hydrogen (secondary N) is 2. The van der Waals surface area contributed by atoms with Crippen molar-refractivity contribution in [2.24, 2.45) is 0 Å². The van der Waals surface area contributed by atoms with E-state index in [4.69, 9.17) is 0 Å². The molecule has 0 saturated carbocycles. The molecule has 20 heavy (non-hydrogen) atoms. The predicted octanol–water partition coefficient (Wildman–Crippen LogP) is 2.49. The van der Waals surface area contributed by atoms with E-state index in [9.17, 15) is 4.39 Å². The third-order valence-electron chi connectivity index (χ3n) is 2.68. The minimum absolute atomic E-state index is 0.217. The number of pyridine rings is 1. The van der Waals surface area contributed by atoms with E-state index in [0.29, 0.717) is 18.9 Å². The van der Waals surface area contributed by atoms with E-state index in [-0.39, 0.29) is 5.82 Å². The quantitative estimate of drug-likeness (QED) is 0.813. The summed E-state index contributed by atoms with van der Waals surface area (Å²) < 4.78 is 13.6. The molecule has 6 heteroatoms. The SMILES string of the molecule is CCCNc1ncc(F)c(NCCc2ccccn2)n1. The van der Waals surface area contributed by atoms with E-state index in [0.717, 1.165) is 18.7 Å². The molecule has 5 nitrogen and oxygen atoms in total. The lowest BCUT2D eigenvalue weighted by atomic mass is 10.3. The Labute approximate surface area is 117 Å². The Morgan fingerprint density at radius 1 is 1.15 bits per heavy atom. The summed E-state index contributed by atoms with van der Waals surface area (Å²) in [6.07, 6.45) is 4.59. The summed E-state index contributed by atoms with van der Waals surface area (Å²) in [4.78, 5) is 12.2. The molecule has 106 valence electrons. The Morgan fingerprint density at radius 3 is 2.80 bits per heavy atom. The molecule has 0 atom stereocenters. The monoisotopic (exact) mass is 275 g/mol. The summed E-state index contributed by atoms with van der Waals surface area (Å²) in [5.41, 5.74) is 0.957. The fourth-order valence-electron chi connectivity index (χ4n) is 1.67. The maximum Gasteiger partial charge on any atom is 0.224 e. The van der Waals surface area contributed by atoms with Gasteiger partial charge in [-0.2, -0.15) is 4.98 Å². The molecule has 2 heterocycles. The van der Waals surface area contributed by atoms with Crippen LogP contribution in [0.4, 0.5) is 16.2 Å². The normalized spacial score (nSPS) is 10.3. The predicted molar refractivity (Wildman–Crippen MR) is 77.2 cm³/mol. The zero-order valence-electron chi connectivity index (χ0n) is 11.4. The second kappa shape index (κ2) is 7.37. The van der Waals surface area contributed by atoms with Gasteiger partial charge in [0.1, 0.15) is 0 Å². The molecule has 0 radical (unpaired) electrons. The van der Waals surface area contributed by atoms with E-state index in [2.05, 4.69) is 25.6 Å². The summed E-state index contributed by atoms with van der Waals surface area (Å²) in [6, 6.07) is 5.74. The number of rotatable bonds is 7. The van der Waals surface area contributed by atoms with Crippen LogP contribution in [0.15, 0.2) is 30.6 Å². The molecule has 2 aromatic heterocycles. The van der Waals surface area contributed by atoms with Crippen LogP contribution in [-0.2, 0) is 6.42 Å². The third-order valence-corrected chi connectivity index (χ3v) is 2.68. The van der Waals surface area contributed by atoms with Crippen LogP contribution < -0.4 is 10.6 Å². The first-order chi connectivity index (χ1) is 9.79. The largest absolute Gasteiger partial charge is 0.367 e. The van der Waals surface area contributed by atoms with Gasteiger partial charge < -0.3 is 10.6 Å². The van der Waals surface area contributed by atoms with Gasteiger partial charge in [0.2, 0.25) is 5.95 Å². The first-order valence-electron chi connectivity index (χ1n) is 6.69. The number of aromatic nitrogens is 3. The van der Waals surface area contributed by atoms with Gasteiger partial charge in [0, 0.05) is 31.4 Å². The van der Waals surface area contributed by atoms with Crippen LogP contribution in [-0.4, -0.2) is 28.0 Å².